The highest BCUT2D eigenvalue weighted by molar-refractivity contribution is 9.10. The van der Waals surface area contributed by atoms with E-state index in [0.717, 1.165) is 0 Å². The van der Waals surface area contributed by atoms with Gasteiger partial charge in [0.05, 0.1) is 9.92 Å². The number of rotatable bonds is 4. The summed E-state index contributed by atoms with van der Waals surface area (Å²) in [5.41, 5.74) is 0. The summed E-state index contributed by atoms with van der Waals surface area (Å²) in [6.45, 7) is -0.664. The first-order valence-corrected chi connectivity index (χ1v) is 6.65. The van der Waals surface area contributed by atoms with Crippen molar-refractivity contribution in [1.29, 1.82) is 0 Å². The molecule has 8 heteroatoms. The summed E-state index contributed by atoms with van der Waals surface area (Å²) in [5, 5.41) is 8.74. The minimum atomic E-state index is -3.81. The van der Waals surface area contributed by atoms with Crippen LogP contribution in [-0.2, 0) is 14.8 Å². The van der Waals surface area contributed by atoms with Gasteiger partial charge in [0.2, 0.25) is 10.0 Å². The van der Waals surface area contributed by atoms with Crippen molar-refractivity contribution < 1.29 is 18.3 Å². The molecule has 1 aromatic rings. The molecule has 0 unspecified atom stereocenters. The molecule has 0 spiro atoms. The van der Waals surface area contributed by atoms with Gasteiger partial charge in [-0.05, 0) is 34.1 Å². The Morgan fingerprint density at radius 3 is 2.62 bits per heavy atom. The Labute approximate surface area is 106 Å². The van der Waals surface area contributed by atoms with E-state index >= 15 is 0 Å². The molecule has 0 heterocycles. The maximum atomic E-state index is 11.6. The van der Waals surface area contributed by atoms with Gasteiger partial charge in [0.15, 0.2) is 0 Å². The van der Waals surface area contributed by atoms with E-state index < -0.39 is 22.5 Å². The number of benzene rings is 1. The third kappa shape index (κ3) is 3.44. The Kier molecular flexibility index (Phi) is 4.31. The number of carboxylic acid groups (broad SMARTS) is 1. The molecule has 0 amide bonds. The minimum absolute atomic E-state index is 0.0509. The van der Waals surface area contributed by atoms with Crippen molar-refractivity contribution in [2.75, 3.05) is 6.54 Å². The molecule has 0 aliphatic carbocycles. The zero-order chi connectivity index (χ0) is 12.3. The topological polar surface area (TPSA) is 83.5 Å². The van der Waals surface area contributed by atoms with Crippen molar-refractivity contribution in [2.24, 2.45) is 0 Å². The van der Waals surface area contributed by atoms with E-state index in [1.807, 2.05) is 4.72 Å². The highest BCUT2D eigenvalue weighted by atomic mass is 79.9. The summed E-state index contributed by atoms with van der Waals surface area (Å²) >= 11 is 8.78. The molecule has 5 nitrogen and oxygen atoms in total. The van der Waals surface area contributed by atoms with E-state index in [0.29, 0.717) is 9.50 Å². The van der Waals surface area contributed by atoms with Gasteiger partial charge in [-0.1, -0.05) is 11.6 Å². The van der Waals surface area contributed by atoms with Crippen LogP contribution in [0.15, 0.2) is 27.6 Å². The fourth-order valence-corrected chi connectivity index (χ4v) is 2.53. The van der Waals surface area contributed by atoms with Gasteiger partial charge in [-0.25, -0.2) is 8.42 Å². The molecule has 0 atom stereocenters. The predicted molar refractivity (Wildman–Crippen MR) is 62.0 cm³/mol. The number of hydrogen-bond donors (Lipinski definition) is 2. The van der Waals surface area contributed by atoms with E-state index in [2.05, 4.69) is 15.9 Å². The Morgan fingerprint density at radius 1 is 1.50 bits per heavy atom. The first kappa shape index (κ1) is 13.4. The molecular weight excluding hydrogens is 322 g/mol. The van der Waals surface area contributed by atoms with Crippen LogP contribution in [0.4, 0.5) is 0 Å². The van der Waals surface area contributed by atoms with E-state index in [4.69, 9.17) is 16.7 Å². The summed E-state index contributed by atoms with van der Waals surface area (Å²) in [4.78, 5) is 10.2. The van der Waals surface area contributed by atoms with Gasteiger partial charge in [0.25, 0.3) is 0 Å². The van der Waals surface area contributed by atoms with Gasteiger partial charge in [-0.3, -0.25) is 4.79 Å². The van der Waals surface area contributed by atoms with Gasteiger partial charge in [-0.15, -0.1) is 0 Å². The fourth-order valence-electron chi connectivity index (χ4n) is 0.884. The zero-order valence-corrected chi connectivity index (χ0v) is 10.9. The van der Waals surface area contributed by atoms with Gasteiger partial charge in [0.1, 0.15) is 6.54 Å². The molecule has 0 saturated carbocycles. The molecule has 0 aliphatic rings. The molecule has 2 N–H and O–H groups in total. The molecule has 0 aliphatic heterocycles. The Hall–Kier alpha value is -0.630. The van der Waals surface area contributed by atoms with E-state index in [1.54, 1.807) is 0 Å². The van der Waals surface area contributed by atoms with Crippen LogP contribution in [0.2, 0.25) is 5.02 Å². The number of halogens is 2. The van der Waals surface area contributed by atoms with Crippen LogP contribution in [-0.4, -0.2) is 26.0 Å². The third-order valence-corrected chi connectivity index (χ3v) is 4.23. The normalized spacial score (nSPS) is 11.4. The number of carbonyl (C=O) groups is 1. The van der Waals surface area contributed by atoms with Crippen LogP contribution in [0.1, 0.15) is 0 Å². The van der Waals surface area contributed by atoms with Crippen molar-refractivity contribution in [1.82, 2.24) is 4.72 Å². The standard InChI is InChI=1S/C8H7BrClNO4S/c9-6-3-5(1-2-7(6)10)16(14,15)11-4-8(12)13/h1-3,11H,4H2,(H,12,13). The predicted octanol–water partition coefficient (Wildman–Crippen LogP) is 1.47. The third-order valence-electron chi connectivity index (χ3n) is 1.61. The van der Waals surface area contributed by atoms with E-state index in [1.165, 1.54) is 18.2 Å². The lowest BCUT2D eigenvalue weighted by atomic mass is 10.4. The van der Waals surface area contributed by atoms with Gasteiger partial charge in [-0.2, -0.15) is 4.72 Å². The number of aliphatic carboxylic acids is 1. The van der Waals surface area contributed by atoms with Gasteiger partial charge >= 0.3 is 5.97 Å². The fraction of sp³-hybridized carbons (Fsp3) is 0.125. The number of carboxylic acids is 1. The van der Waals surface area contributed by atoms with Crippen molar-refractivity contribution in [2.45, 2.75) is 4.90 Å². The van der Waals surface area contributed by atoms with Crippen LogP contribution in [0, 0.1) is 0 Å². The zero-order valence-electron chi connectivity index (χ0n) is 7.78. The summed E-state index contributed by atoms with van der Waals surface area (Å²) in [6, 6.07) is 3.99. The summed E-state index contributed by atoms with van der Waals surface area (Å²) in [7, 11) is -3.81. The van der Waals surface area contributed by atoms with Crippen LogP contribution in [0.3, 0.4) is 0 Å². The first-order valence-electron chi connectivity index (χ1n) is 3.99. The van der Waals surface area contributed by atoms with Crippen molar-refractivity contribution >= 4 is 43.5 Å². The molecule has 16 heavy (non-hydrogen) atoms. The minimum Gasteiger partial charge on any atom is -0.480 e. The molecular formula is C8H7BrClNO4S. The lowest BCUT2D eigenvalue weighted by Crippen LogP contribution is -2.29. The quantitative estimate of drug-likeness (QED) is 0.876. The molecule has 0 aromatic heterocycles. The average Bonchev–Trinajstić information content (AvgIpc) is 2.19. The van der Waals surface area contributed by atoms with Crippen molar-refractivity contribution in [3.8, 4) is 0 Å². The SMILES string of the molecule is O=C(O)CNS(=O)(=O)c1ccc(Cl)c(Br)c1. The van der Waals surface area contributed by atoms with Crippen molar-refractivity contribution in [3.05, 3.63) is 27.7 Å². The van der Waals surface area contributed by atoms with E-state index in [9.17, 15) is 13.2 Å². The largest absolute Gasteiger partial charge is 0.480 e. The second kappa shape index (κ2) is 5.13. The Balaban J connectivity index is 2.99. The first-order chi connectivity index (χ1) is 7.33. The second-order valence-corrected chi connectivity index (χ2v) is 5.82. The smallest absolute Gasteiger partial charge is 0.318 e. The Morgan fingerprint density at radius 2 is 2.12 bits per heavy atom. The number of hydrogen-bond acceptors (Lipinski definition) is 3. The van der Waals surface area contributed by atoms with Crippen LogP contribution in [0.25, 0.3) is 0 Å². The second-order valence-electron chi connectivity index (χ2n) is 2.79. The maximum Gasteiger partial charge on any atom is 0.318 e. The molecule has 1 aromatic carbocycles. The highest BCUT2D eigenvalue weighted by Gasteiger charge is 2.16. The molecule has 0 saturated heterocycles. The Bertz CT molecular complexity index is 517. The highest BCUT2D eigenvalue weighted by Crippen LogP contribution is 2.25. The molecule has 1 rings (SSSR count). The van der Waals surface area contributed by atoms with Crippen LogP contribution >= 0.6 is 27.5 Å². The van der Waals surface area contributed by atoms with Crippen LogP contribution < -0.4 is 4.72 Å². The lowest BCUT2D eigenvalue weighted by Gasteiger charge is -2.05. The summed E-state index contributed by atoms with van der Waals surface area (Å²) < 4.78 is 25.5. The molecule has 88 valence electrons. The average molecular weight is 329 g/mol. The number of nitrogens with one attached hydrogen (secondary N) is 1. The monoisotopic (exact) mass is 327 g/mol. The van der Waals surface area contributed by atoms with Crippen molar-refractivity contribution in [3.63, 3.8) is 0 Å². The molecule has 0 fully saturated rings. The van der Waals surface area contributed by atoms with Gasteiger partial charge < -0.3 is 5.11 Å². The summed E-state index contributed by atoms with van der Waals surface area (Å²) in [6.07, 6.45) is 0. The van der Waals surface area contributed by atoms with E-state index in [-0.39, 0.29) is 4.90 Å². The van der Waals surface area contributed by atoms with Crippen LogP contribution in [0.5, 0.6) is 0 Å². The molecule has 0 radical (unpaired) electrons. The lowest BCUT2D eigenvalue weighted by molar-refractivity contribution is -0.135. The number of sulfonamides is 1. The maximum absolute atomic E-state index is 11.6. The molecule has 0 bridgehead atoms. The summed E-state index contributed by atoms with van der Waals surface area (Å²) in [5.74, 6) is -1.25. The van der Waals surface area contributed by atoms with Gasteiger partial charge in [0, 0.05) is 4.47 Å².